The van der Waals surface area contributed by atoms with Crippen molar-refractivity contribution in [2.24, 2.45) is 0 Å². The summed E-state index contributed by atoms with van der Waals surface area (Å²) in [5, 5.41) is 0. The van der Waals surface area contributed by atoms with Crippen LogP contribution < -0.4 is 0 Å². The molecule has 0 N–H and O–H groups in total. The smallest absolute Gasteiger partial charge is 0.188 e. The number of allylic oxidation sites excluding steroid dienone is 1. The van der Waals surface area contributed by atoms with Crippen LogP contribution in [-0.4, -0.2) is 26.3 Å². The van der Waals surface area contributed by atoms with Crippen molar-refractivity contribution in [2.45, 2.75) is 155 Å². The topological polar surface area (TPSA) is 36.9 Å². The third-order valence-corrected chi connectivity index (χ3v) is 7.12. The lowest BCUT2D eigenvalue weighted by Crippen LogP contribution is -2.19. The highest BCUT2D eigenvalue weighted by molar-refractivity contribution is 5.13. The normalized spacial score (nSPS) is 11.7. The standard InChI is InChI=1S/C35H62O4/c1-3-5-7-9-11-13-16-24-30-38-35(39-31-25-17-14-12-10-8-6-4-2)28-22-15-18-23-29-36-33-37-32-34-26-20-19-21-27-34/h19-21,23,26-27,29,35H,3-18,22,24-25,28,30-33H2,1-2H3. The Hall–Kier alpha value is -1.36. The summed E-state index contributed by atoms with van der Waals surface area (Å²) in [6.45, 7) is 7.07. The van der Waals surface area contributed by atoms with Gasteiger partial charge in [0.05, 0.1) is 12.9 Å². The van der Waals surface area contributed by atoms with Gasteiger partial charge >= 0.3 is 0 Å². The monoisotopic (exact) mass is 546 g/mol. The highest BCUT2D eigenvalue weighted by Crippen LogP contribution is 2.14. The lowest BCUT2D eigenvalue weighted by atomic mass is 10.1. The molecule has 226 valence electrons. The summed E-state index contributed by atoms with van der Waals surface area (Å²) >= 11 is 0. The third-order valence-electron chi connectivity index (χ3n) is 7.12. The average molecular weight is 547 g/mol. The van der Waals surface area contributed by atoms with Gasteiger partial charge in [0.1, 0.15) is 0 Å². The Morgan fingerprint density at radius 1 is 0.615 bits per heavy atom. The van der Waals surface area contributed by atoms with E-state index in [1.54, 1.807) is 6.26 Å². The second-order valence-electron chi connectivity index (χ2n) is 10.9. The fraction of sp³-hybridized carbons (Fsp3) is 0.771. The lowest BCUT2D eigenvalue weighted by Gasteiger charge is -2.19. The van der Waals surface area contributed by atoms with E-state index in [4.69, 9.17) is 18.9 Å². The zero-order chi connectivity index (χ0) is 27.9. The molecule has 1 aromatic rings. The summed E-state index contributed by atoms with van der Waals surface area (Å²) < 4.78 is 23.4. The molecule has 1 aromatic carbocycles. The lowest BCUT2D eigenvalue weighted by molar-refractivity contribution is -0.148. The van der Waals surface area contributed by atoms with Crippen LogP contribution in [0.2, 0.25) is 0 Å². The van der Waals surface area contributed by atoms with Gasteiger partial charge in [-0.3, -0.25) is 0 Å². The second kappa shape index (κ2) is 29.6. The first-order valence-corrected chi connectivity index (χ1v) is 16.5. The van der Waals surface area contributed by atoms with Gasteiger partial charge in [-0.25, -0.2) is 0 Å². The molecular formula is C35H62O4. The van der Waals surface area contributed by atoms with E-state index in [1.165, 1.54) is 89.9 Å². The first-order valence-electron chi connectivity index (χ1n) is 16.5. The minimum atomic E-state index is -0.0503. The maximum atomic E-state index is 6.19. The Kier molecular flexibility index (Phi) is 27.1. The maximum Gasteiger partial charge on any atom is 0.188 e. The van der Waals surface area contributed by atoms with Gasteiger partial charge in [0.25, 0.3) is 0 Å². The van der Waals surface area contributed by atoms with Crippen molar-refractivity contribution in [1.29, 1.82) is 0 Å². The summed E-state index contributed by atoms with van der Waals surface area (Å²) in [5.74, 6) is 0. The van der Waals surface area contributed by atoms with E-state index in [0.717, 1.165) is 57.3 Å². The number of rotatable bonds is 30. The molecule has 0 radical (unpaired) electrons. The van der Waals surface area contributed by atoms with Crippen molar-refractivity contribution >= 4 is 0 Å². The molecule has 0 unspecified atom stereocenters. The van der Waals surface area contributed by atoms with Crippen molar-refractivity contribution in [2.75, 3.05) is 20.0 Å². The maximum absolute atomic E-state index is 6.19. The summed E-state index contributed by atoms with van der Waals surface area (Å²) in [7, 11) is 0. The van der Waals surface area contributed by atoms with E-state index in [1.807, 2.05) is 18.2 Å². The highest BCUT2D eigenvalue weighted by atomic mass is 16.7. The number of unbranched alkanes of at least 4 members (excludes halogenated alkanes) is 16. The molecule has 0 bridgehead atoms. The molecule has 0 aromatic heterocycles. The SMILES string of the molecule is CCCCCCCCCCOC(CCCCC=COCOCc1ccccc1)OCCCCCCCCCC. The van der Waals surface area contributed by atoms with E-state index >= 15 is 0 Å². The molecule has 0 saturated carbocycles. The predicted octanol–water partition coefficient (Wildman–Crippen LogP) is 10.9. The van der Waals surface area contributed by atoms with Crippen molar-refractivity contribution in [1.82, 2.24) is 0 Å². The van der Waals surface area contributed by atoms with Gasteiger partial charge in [-0.1, -0.05) is 134 Å². The van der Waals surface area contributed by atoms with Crippen LogP contribution >= 0.6 is 0 Å². The highest BCUT2D eigenvalue weighted by Gasteiger charge is 2.09. The average Bonchev–Trinajstić information content (AvgIpc) is 2.96. The van der Waals surface area contributed by atoms with E-state index < -0.39 is 0 Å². The van der Waals surface area contributed by atoms with Gasteiger partial charge in [-0.15, -0.1) is 0 Å². The molecule has 4 nitrogen and oxygen atoms in total. The molecule has 0 aliphatic carbocycles. The van der Waals surface area contributed by atoms with Gasteiger partial charge in [-0.2, -0.15) is 0 Å². The summed E-state index contributed by atoms with van der Waals surface area (Å²) in [6, 6.07) is 10.2. The van der Waals surface area contributed by atoms with E-state index in [0.29, 0.717) is 6.61 Å². The largest absolute Gasteiger partial charge is 0.475 e. The van der Waals surface area contributed by atoms with Crippen LogP contribution in [0.25, 0.3) is 0 Å². The van der Waals surface area contributed by atoms with Crippen LogP contribution in [0.5, 0.6) is 0 Å². The summed E-state index contributed by atoms with van der Waals surface area (Å²) in [4.78, 5) is 0. The van der Waals surface area contributed by atoms with E-state index in [2.05, 4.69) is 32.1 Å². The number of ether oxygens (including phenoxy) is 4. The molecule has 1 rings (SSSR count). The van der Waals surface area contributed by atoms with Gasteiger partial charge < -0.3 is 18.9 Å². The predicted molar refractivity (Wildman–Crippen MR) is 166 cm³/mol. The third kappa shape index (κ3) is 25.4. The van der Waals surface area contributed by atoms with Crippen molar-refractivity contribution < 1.29 is 18.9 Å². The molecule has 0 spiro atoms. The van der Waals surface area contributed by atoms with Crippen LogP contribution in [0, 0.1) is 0 Å². The van der Waals surface area contributed by atoms with Crippen molar-refractivity contribution in [3.63, 3.8) is 0 Å². The fourth-order valence-corrected chi connectivity index (χ4v) is 4.65. The molecule has 0 heterocycles. The van der Waals surface area contributed by atoms with Crippen LogP contribution in [0.4, 0.5) is 0 Å². The Morgan fingerprint density at radius 3 is 1.72 bits per heavy atom. The van der Waals surface area contributed by atoms with Crippen LogP contribution in [0.3, 0.4) is 0 Å². The fourth-order valence-electron chi connectivity index (χ4n) is 4.65. The minimum Gasteiger partial charge on any atom is -0.475 e. The van der Waals surface area contributed by atoms with E-state index in [-0.39, 0.29) is 13.1 Å². The molecule has 39 heavy (non-hydrogen) atoms. The quantitative estimate of drug-likeness (QED) is 0.0546. The zero-order valence-electron chi connectivity index (χ0n) is 25.7. The molecular weight excluding hydrogens is 484 g/mol. The van der Waals surface area contributed by atoms with Gasteiger partial charge in [0, 0.05) is 13.2 Å². The molecule has 0 aliphatic heterocycles. The van der Waals surface area contributed by atoms with Gasteiger partial charge in [-0.05, 0) is 50.2 Å². The first kappa shape index (κ1) is 35.7. The zero-order valence-corrected chi connectivity index (χ0v) is 25.7. The molecule has 0 fully saturated rings. The molecule has 0 aliphatic rings. The van der Waals surface area contributed by atoms with Crippen LogP contribution in [0.1, 0.15) is 148 Å². The Balaban J connectivity index is 2.11. The van der Waals surface area contributed by atoms with Crippen LogP contribution in [0.15, 0.2) is 42.7 Å². The Morgan fingerprint density at radius 2 is 1.15 bits per heavy atom. The Bertz CT molecular complexity index is 596. The van der Waals surface area contributed by atoms with Gasteiger partial charge in [0.15, 0.2) is 13.1 Å². The second-order valence-corrected chi connectivity index (χ2v) is 10.9. The van der Waals surface area contributed by atoms with Crippen LogP contribution in [-0.2, 0) is 25.6 Å². The number of benzene rings is 1. The molecule has 0 atom stereocenters. The first-order chi connectivity index (χ1) is 19.4. The van der Waals surface area contributed by atoms with Crippen molar-refractivity contribution in [3.05, 3.63) is 48.2 Å². The molecule has 0 saturated heterocycles. The summed E-state index contributed by atoms with van der Waals surface area (Å²) in [5.41, 5.74) is 1.16. The molecule has 0 amide bonds. The van der Waals surface area contributed by atoms with Gasteiger partial charge in [0.2, 0.25) is 0 Å². The Labute approximate surface area is 242 Å². The summed E-state index contributed by atoms with van der Waals surface area (Å²) in [6.07, 6.45) is 29.2. The molecule has 4 heteroatoms. The van der Waals surface area contributed by atoms with E-state index in [9.17, 15) is 0 Å². The van der Waals surface area contributed by atoms with Crippen molar-refractivity contribution in [3.8, 4) is 0 Å². The number of hydrogen-bond acceptors (Lipinski definition) is 4. The number of hydrogen-bond donors (Lipinski definition) is 0. The minimum absolute atomic E-state index is 0.0503.